The quantitative estimate of drug-likeness (QED) is 0.866. The highest BCUT2D eigenvalue weighted by molar-refractivity contribution is 9.10. The van der Waals surface area contributed by atoms with E-state index in [1.54, 1.807) is 13.8 Å². The molecule has 0 saturated heterocycles. The number of benzene rings is 1. The van der Waals surface area contributed by atoms with Gasteiger partial charge >= 0.3 is 0 Å². The van der Waals surface area contributed by atoms with Gasteiger partial charge in [0.25, 0.3) is 0 Å². The Morgan fingerprint density at radius 3 is 2.30 bits per heavy atom. The zero-order valence-corrected chi connectivity index (χ0v) is 13.8. The molecule has 0 spiro atoms. The fourth-order valence-electron chi connectivity index (χ4n) is 1.53. The summed E-state index contributed by atoms with van der Waals surface area (Å²) >= 11 is 3.36. The van der Waals surface area contributed by atoms with Crippen molar-refractivity contribution in [3.05, 3.63) is 28.7 Å². The number of rotatable bonds is 5. The molecule has 1 aromatic carbocycles. The SMILES string of the molecule is CC(C)[C@@](C)(C#N)NC(=O)[C@@H](C)Nc1ccc(Br)cc1. The Bertz CT molecular complexity index is 507. The lowest BCUT2D eigenvalue weighted by molar-refractivity contribution is -0.123. The van der Waals surface area contributed by atoms with E-state index >= 15 is 0 Å². The zero-order chi connectivity index (χ0) is 15.3. The van der Waals surface area contributed by atoms with E-state index in [1.165, 1.54) is 0 Å². The second-order valence-corrected chi connectivity index (χ2v) is 6.25. The molecular weight excluding hydrogens is 318 g/mol. The smallest absolute Gasteiger partial charge is 0.243 e. The van der Waals surface area contributed by atoms with Gasteiger partial charge in [-0.05, 0) is 44.0 Å². The third-order valence-electron chi connectivity index (χ3n) is 3.39. The minimum atomic E-state index is -0.854. The Balaban J connectivity index is 2.68. The van der Waals surface area contributed by atoms with Gasteiger partial charge in [-0.2, -0.15) is 5.26 Å². The van der Waals surface area contributed by atoms with Crippen LogP contribution in [0.2, 0.25) is 0 Å². The number of nitriles is 1. The number of amides is 1. The molecule has 108 valence electrons. The molecule has 0 radical (unpaired) electrons. The van der Waals surface area contributed by atoms with E-state index in [0.29, 0.717) is 0 Å². The summed E-state index contributed by atoms with van der Waals surface area (Å²) in [4.78, 5) is 12.2. The number of hydrogen-bond acceptors (Lipinski definition) is 3. The van der Waals surface area contributed by atoms with Crippen molar-refractivity contribution in [2.24, 2.45) is 5.92 Å². The largest absolute Gasteiger partial charge is 0.374 e. The van der Waals surface area contributed by atoms with Gasteiger partial charge in [0.2, 0.25) is 5.91 Å². The molecule has 1 rings (SSSR count). The normalized spacial score (nSPS) is 15.1. The van der Waals surface area contributed by atoms with E-state index in [1.807, 2.05) is 38.1 Å². The van der Waals surface area contributed by atoms with Crippen LogP contribution in [0.25, 0.3) is 0 Å². The highest BCUT2D eigenvalue weighted by Gasteiger charge is 2.31. The third kappa shape index (κ3) is 4.24. The summed E-state index contributed by atoms with van der Waals surface area (Å²) in [5, 5.41) is 15.1. The van der Waals surface area contributed by atoms with Crippen LogP contribution >= 0.6 is 15.9 Å². The summed E-state index contributed by atoms with van der Waals surface area (Å²) in [6.07, 6.45) is 0. The van der Waals surface area contributed by atoms with Gasteiger partial charge in [0, 0.05) is 10.2 Å². The second-order valence-electron chi connectivity index (χ2n) is 5.33. The Hall–Kier alpha value is -1.54. The lowest BCUT2D eigenvalue weighted by atomic mass is 9.90. The average Bonchev–Trinajstić information content (AvgIpc) is 2.40. The van der Waals surface area contributed by atoms with E-state index in [2.05, 4.69) is 32.6 Å². The van der Waals surface area contributed by atoms with Crippen LogP contribution in [0.5, 0.6) is 0 Å². The van der Waals surface area contributed by atoms with Gasteiger partial charge < -0.3 is 10.6 Å². The van der Waals surface area contributed by atoms with Gasteiger partial charge in [0.1, 0.15) is 11.6 Å². The molecule has 0 aliphatic rings. The van der Waals surface area contributed by atoms with Crippen molar-refractivity contribution in [2.75, 3.05) is 5.32 Å². The summed E-state index contributed by atoms with van der Waals surface area (Å²) in [6.45, 7) is 7.34. The minimum Gasteiger partial charge on any atom is -0.374 e. The maximum atomic E-state index is 12.2. The van der Waals surface area contributed by atoms with Crippen molar-refractivity contribution in [3.63, 3.8) is 0 Å². The summed E-state index contributed by atoms with van der Waals surface area (Å²) in [5.74, 6) is -0.151. The van der Waals surface area contributed by atoms with Crippen molar-refractivity contribution in [1.82, 2.24) is 5.32 Å². The van der Waals surface area contributed by atoms with E-state index < -0.39 is 11.6 Å². The Morgan fingerprint density at radius 1 is 1.30 bits per heavy atom. The standard InChI is InChI=1S/C15H20BrN3O/c1-10(2)15(4,9-17)19-14(20)11(3)18-13-7-5-12(16)6-8-13/h5-8,10-11,18H,1-4H3,(H,19,20)/t11-,15-/m1/s1. The highest BCUT2D eigenvalue weighted by atomic mass is 79.9. The van der Waals surface area contributed by atoms with Crippen LogP contribution in [-0.4, -0.2) is 17.5 Å². The van der Waals surface area contributed by atoms with E-state index in [9.17, 15) is 10.1 Å². The molecule has 1 aromatic rings. The van der Waals surface area contributed by atoms with Gasteiger partial charge in [0.15, 0.2) is 0 Å². The van der Waals surface area contributed by atoms with Crippen molar-refractivity contribution < 1.29 is 4.79 Å². The van der Waals surface area contributed by atoms with Crippen LogP contribution in [0.1, 0.15) is 27.7 Å². The number of nitrogens with zero attached hydrogens (tertiary/aromatic N) is 1. The molecule has 2 N–H and O–H groups in total. The molecular formula is C15H20BrN3O. The summed E-state index contributed by atoms with van der Waals surface area (Å²) in [5.41, 5.74) is 0.00581. The highest BCUT2D eigenvalue weighted by Crippen LogP contribution is 2.17. The Labute approximate surface area is 128 Å². The summed E-state index contributed by atoms with van der Waals surface area (Å²) < 4.78 is 0.983. The molecule has 0 aromatic heterocycles. The number of halogens is 1. The molecule has 0 aliphatic carbocycles. The third-order valence-corrected chi connectivity index (χ3v) is 3.92. The minimum absolute atomic E-state index is 0.0383. The molecule has 0 saturated carbocycles. The zero-order valence-electron chi connectivity index (χ0n) is 12.2. The molecule has 5 heteroatoms. The van der Waals surface area contributed by atoms with Crippen molar-refractivity contribution >= 4 is 27.5 Å². The lowest BCUT2D eigenvalue weighted by Gasteiger charge is -2.29. The molecule has 4 nitrogen and oxygen atoms in total. The van der Waals surface area contributed by atoms with Crippen LogP contribution in [0.3, 0.4) is 0 Å². The van der Waals surface area contributed by atoms with E-state index in [0.717, 1.165) is 10.2 Å². The Kier molecular flexibility index (Phi) is 5.58. The molecule has 0 bridgehead atoms. The van der Waals surface area contributed by atoms with Gasteiger partial charge in [-0.3, -0.25) is 4.79 Å². The van der Waals surface area contributed by atoms with Crippen LogP contribution < -0.4 is 10.6 Å². The molecule has 1 amide bonds. The van der Waals surface area contributed by atoms with Crippen LogP contribution in [0, 0.1) is 17.2 Å². The summed E-state index contributed by atoms with van der Waals surface area (Å²) in [6, 6.07) is 9.34. The van der Waals surface area contributed by atoms with Gasteiger partial charge in [-0.15, -0.1) is 0 Å². The van der Waals surface area contributed by atoms with Crippen molar-refractivity contribution in [2.45, 2.75) is 39.3 Å². The number of nitrogens with one attached hydrogen (secondary N) is 2. The maximum Gasteiger partial charge on any atom is 0.243 e. The topological polar surface area (TPSA) is 64.9 Å². The fourth-order valence-corrected chi connectivity index (χ4v) is 1.79. The van der Waals surface area contributed by atoms with E-state index in [-0.39, 0.29) is 11.8 Å². The molecule has 2 atom stereocenters. The molecule has 0 unspecified atom stereocenters. The van der Waals surface area contributed by atoms with Crippen molar-refractivity contribution in [3.8, 4) is 6.07 Å². The summed E-state index contributed by atoms with van der Waals surface area (Å²) in [7, 11) is 0. The van der Waals surface area contributed by atoms with Gasteiger partial charge in [0.05, 0.1) is 6.07 Å². The monoisotopic (exact) mass is 337 g/mol. The molecule has 0 fully saturated rings. The first kappa shape index (κ1) is 16.5. The first-order valence-corrected chi connectivity index (χ1v) is 7.33. The average molecular weight is 338 g/mol. The first-order valence-electron chi connectivity index (χ1n) is 6.54. The molecule has 20 heavy (non-hydrogen) atoms. The molecule has 0 heterocycles. The van der Waals surface area contributed by atoms with Crippen LogP contribution in [-0.2, 0) is 4.79 Å². The number of carbonyl (C=O) groups excluding carboxylic acids is 1. The van der Waals surface area contributed by atoms with Crippen LogP contribution in [0.15, 0.2) is 28.7 Å². The molecule has 0 aliphatic heterocycles. The van der Waals surface area contributed by atoms with Gasteiger partial charge in [-0.25, -0.2) is 0 Å². The maximum absolute atomic E-state index is 12.2. The van der Waals surface area contributed by atoms with Gasteiger partial charge in [-0.1, -0.05) is 29.8 Å². The predicted molar refractivity (Wildman–Crippen MR) is 84.2 cm³/mol. The lowest BCUT2D eigenvalue weighted by Crippen LogP contribution is -2.52. The fraction of sp³-hybridized carbons (Fsp3) is 0.467. The number of hydrogen-bond donors (Lipinski definition) is 2. The number of anilines is 1. The van der Waals surface area contributed by atoms with Crippen LogP contribution in [0.4, 0.5) is 5.69 Å². The van der Waals surface area contributed by atoms with Crippen molar-refractivity contribution in [1.29, 1.82) is 5.26 Å². The number of carbonyl (C=O) groups is 1. The first-order chi connectivity index (χ1) is 9.28. The predicted octanol–water partition coefficient (Wildman–Crippen LogP) is 3.30. The Morgan fingerprint density at radius 2 is 1.85 bits per heavy atom. The van der Waals surface area contributed by atoms with E-state index in [4.69, 9.17) is 0 Å². The second kappa shape index (κ2) is 6.76.